The third-order valence-corrected chi connectivity index (χ3v) is 7.43. The van der Waals surface area contributed by atoms with Crippen molar-refractivity contribution < 1.29 is 19.1 Å². The van der Waals surface area contributed by atoms with Crippen LogP contribution < -0.4 is 5.32 Å². The molecule has 2 aromatic rings. The Hall–Kier alpha value is -3.62. The average Bonchev–Trinajstić information content (AvgIpc) is 2.91. The smallest absolute Gasteiger partial charge is 0.338 e. The average molecular weight is 551 g/mol. The van der Waals surface area contributed by atoms with Crippen LogP contribution in [0.1, 0.15) is 41.4 Å². The molecule has 0 aliphatic carbocycles. The van der Waals surface area contributed by atoms with Crippen molar-refractivity contribution in [3.05, 3.63) is 94.2 Å². The molecule has 8 nitrogen and oxygen atoms in total. The molecule has 0 radical (unpaired) electrons. The first-order valence-corrected chi connectivity index (χ1v) is 13.6. The first-order valence-electron chi connectivity index (χ1n) is 13.2. The van der Waals surface area contributed by atoms with Crippen molar-refractivity contribution in [1.82, 2.24) is 20.0 Å². The number of halogens is 1. The second-order valence-electron chi connectivity index (χ2n) is 9.81. The molecular formula is C30H35ClN4O4. The number of carbonyl (C=O) groups is 3. The summed E-state index contributed by atoms with van der Waals surface area (Å²) in [5.74, 6) is -0.505. The van der Waals surface area contributed by atoms with Crippen LogP contribution in [0, 0.1) is 6.92 Å². The van der Waals surface area contributed by atoms with E-state index in [0.717, 1.165) is 11.1 Å². The van der Waals surface area contributed by atoms with Gasteiger partial charge in [0.15, 0.2) is 0 Å². The second-order valence-corrected chi connectivity index (χ2v) is 10.2. The van der Waals surface area contributed by atoms with Gasteiger partial charge < -0.3 is 15.0 Å². The third kappa shape index (κ3) is 6.18. The number of carbonyl (C=O) groups excluding carboxylic acids is 3. The lowest BCUT2D eigenvalue weighted by Crippen LogP contribution is -2.56. The molecule has 2 heterocycles. The van der Waals surface area contributed by atoms with E-state index in [1.54, 1.807) is 42.2 Å². The van der Waals surface area contributed by atoms with Gasteiger partial charge in [-0.1, -0.05) is 41.9 Å². The first-order chi connectivity index (χ1) is 18.7. The second kappa shape index (κ2) is 12.5. The highest BCUT2D eigenvalue weighted by atomic mass is 35.5. The van der Waals surface area contributed by atoms with Crippen LogP contribution in [0.4, 0.5) is 4.79 Å². The normalized spacial score (nSPS) is 20.1. The summed E-state index contributed by atoms with van der Waals surface area (Å²) in [6.45, 7) is 12.0. The van der Waals surface area contributed by atoms with Gasteiger partial charge in [-0.3, -0.25) is 14.6 Å². The Labute approximate surface area is 234 Å². The molecular weight excluding hydrogens is 516 g/mol. The molecule has 1 N–H and O–H groups in total. The minimum Gasteiger partial charge on any atom is -0.463 e. The van der Waals surface area contributed by atoms with Crippen LogP contribution in [-0.2, 0) is 9.53 Å². The van der Waals surface area contributed by atoms with Gasteiger partial charge in [-0.05, 0) is 56.2 Å². The van der Waals surface area contributed by atoms with Gasteiger partial charge in [0.1, 0.15) is 0 Å². The van der Waals surface area contributed by atoms with E-state index in [1.807, 2.05) is 43.0 Å². The number of piperazine rings is 1. The van der Waals surface area contributed by atoms with Gasteiger partial charge in [0.2, 0.25) is 0 Å². The van der Waals surface area contributed by atoms with Crippen LogP contribution in [-0.4, -0.2) is 78.0 Å². The number of nitrogens with zero attached hydrogens (tertiary/aromatic N) is 3. The monoisotopic (exact) mass is 550 g/mol. The zero-order valence-corrected chi connectivity index (χ0v) is 23.4. The van der Waals surface area contributed by atoms with Gasteiger partial charge in [0.05, 0.1) is 18.2 Å². The number of amides is 3. The fraction of sp³-hybridized carbons (Fsp3) is 0.367. The minimum absolute atomic E-state index is 0.0461. The molecule has 1 fully saturated rings. The quantitative estimate of drug-likeness (QED) is 0.385. The number of hydrogen-bond acceptors (Lipinski definition) is 5. The summed E-state index contributed by atoms with van der Waals surface area (Å²) in [6.07, 6.45) is 1.64. The fourth-order valence-corrected chi connectivity index (χ4v) is 5.36. The Morgan fingerprint density at radius 1 is 1.15 bits per heavy atom. The number of hydrogen-bond donors (Lipinski definition) is 1. The molecule has 0 aromatic heterocycles. The molecule has 2 aliphatic heterocycles. The van der Waals surface area contributed by atoms with Crippen molar-refractivity contribution in [3.63, 3.8) is 0 Å². The lowest BCUT2D eigenvalue weighted by Gasteiger charge is -2.43. The molecule has 3 amide bonds. The molecule has 2 aromatic carbocycles. The molecule has 2 atom stereocenters. The summed E-state index contributed by atoms with van der Waals surface area (Å²) in [7, 11) is 0. The Kier molecular flexibility index (Phi) is 9.09. The van der Waals surface area contributed by atoms with Gasteiger partial charge >= 0.3 is 12.0 Å². The largest absolute Gasteiger partial charge is 0.463 e. The molecule has 2 unspecified atom stereocenters. The molecule has 39 heavy (non-hydrogen) atoms. The predicted octanol–water partition coefficient (Wildman–Crippen LogP) is 4.56. The Balaban J connectivity index is 1.65. The number of aryl methyl sites for hydroxylation is 1. The molecule has 0 bridgehead atoms. The van der Waals surface area contributed by atoms with E-state index in [2.05, 4.69) is 16.8 Å². The highest BCUT2D eigenvalue weighted by Gasteiger charge is 2.39. The van der Waals surface area contributed by atoms with Crippen LogP contribution in [0.25, 0.3) is 0 Å². The maximum atomic E-state index is 13.4. The van der Waals surface area contributed by atoms with E-state index in [9.17, 15) is 14.4 Å². The Bertz CT molecular complexity index is 1280. The summed E-state index contributed by atoms with van der Waals surface area (Å²) < 4.78 is 5.50. The zero-order chi connectivity index (χ0) is 28.1. The molecule has 2 aliphatic rings. The van der Waals surface area contributed by atoms with Crippen molar-refractivity contribution >= 4 is 29.5 Å². The summed E-state index contributed by atoms with van der Waals surface area (Å²) in [5, 5.41) is 3.60. The standard InChI is InChI=1S/C30H35ClN4O4/c1-5-15-35-25(19-33-16-17-34(21(4)18-33)28(36)22-11-13-23(31)14-12-22)26(29(37)39-6-2)27(32-30(35)38)24-10-8-7-9-20(24)3/h5,7-14,21,27H,1,6,15-19H2,2-4H3,(H,32,38). The maximum absolute atomic E-state index is 13.4. The van der Waals surface area contributed by atoms with Crippen molar-refractivity contribution in [2.45, 2.75) is 32.9 Å². The lowest BCUT2D eigenvalue weighted by atomic mass is 9.91. The van der Waals surface area contributed by atoms with E-state index in [4.69, 9.17) is 16.3 Å². The van der Waals surface area contributed by atoms with Gasteiger partial charge in [-0.2, -0.15) is 0 Å². The van der Waals surface area contributed by atoms with Crippen LogP contribution >= 0.6 is 11.6 Å². The van der Waals surface area contributed by atoms with E-state index < -0.39 is 12.0 Å². The molecule has 4 rings (SSSR count). The van der Waals surface area contributed by atoms with Gasteiger partial charge in [0, 0.05) is 55.0 Å². The van der Waals surface area contributed by atoms with E-state index in [1.165, 1.54) is 0 Å². The van der Waals surface area contributed by atoms with Crippen molar-refractivity contribution in [2.24, 2.45) is 0 Å². The number of esters is 1. The maximum Gasteiger partial charge on any atom is 0.338 e. The van der Waals surface area contributed by atoms with Gasteiger partial charge in [-0.15, -0.1) is 6.58 Å². The lowest BCUT2D eigenvalue weighted by molar-refractivity contribution is -0.139. The Morgan fingerprint density at radius 3 is 2.51 bits per heavy atom. The number of nitrogens with one attached hydrogen (secondary N) is 1. The Morgan fingerprint density at radius 2 is 1.87 bits per heavy atom. The number of rotatable bonds is 8. The summed E-state index contributed by atoms with van der Waals surface area (Å²) in [4.78, 5) is 45.5. The van der Waals surface area contributed by atoms with Crippen molar-refractivity contribution in [1.29, 1.82) is 0 Å². The molecule has 9 heteroatoms. The van der Waals surface area contributed by atoms with Crippen LogP contribution in [0.15, 0.2) is 72.5 Å². The van der Waals surface area contributed by atoms with Crippen LogP contribution in [0.3, 0.4) is 0 Å². The number of urea groups is 1. The summed E-state index contributed by atoms with van der Waals surface area (Å²) >= 11 is 5.99. The van der Waals surface area contributed by atoms with Gasteiger partial charge in [0.25, 0.3) is 5.91 Å². The zero-order valence-electron chi connectivity index (χ0n) is 22.7. The molecule has 1 saturated heterocycles. The highest BCUT2D eigenvalue weighted by molar-refractivity contribution is 6.30. The minimum atomic E-state index is -0.640. The topological polar surface area (TPSA) is 82.2 Å². The molecule has 0 spiro atoms. The summed E-state index contributed by atoms with van der Waals surface area (Å²) in [5.41, 5.74) is 3.41. The SMILES string of the molecule is C=CCN1C(=O)NC(c2ccccc2C)C(C(=O)OCC)=C1CN1CCN(C(=O)c2ccc(Cl)cc2)C(C)C1. The first kappa shape index (κ1) is 28.4. The van der Waals surface area contributed by atoms with E-state index in [-0.39, 0.29) is 31.1 Å². The fourth-order valence-electron chi connectivity index (χ4n) is 5.24. The van der Waals surface area contributed by atoms with E-state index >= 15 is 0 Å². The van der Waals surface area contributed by atoms with Crippen LogP contribution in [0.2, 0.25) is 5.02 Å². The van der Waals surface area contributed by atoms with E-state index in [0.29, 0.717) is 48.0 Å². The number of ether oxygens (including phenoxy) is 1. The highest BCUT2D eigenvalue weighted by Crippen LogP contribution is 2.34. The third-order valence-electron chi connectivity index (χ3n) is 7.18. The van der Waals surface area contributed by atoms with Crippen LogP contribution in [0.5, 0.6) is 0 Å². The molecule has 0 saturated carbocycles. The number of benzene rings is 2. The van der Waals surface area contributed by atoms with Crippen molar-refractivity contribution in [3.8, 4) is 0 Å². The van der Waals surface area contributed by atoms with Gasteiger partial charge in [-0.25, -0.2) is 9.59 Å². The predicted molar refractivity (Wildman–Crippen MR) is 151 cm³/mol. The summed E-state index contributed by atoms with van der Waals surface area (Å²) in [6, 6.07) is 13.6. The molecule has 206 valence electrons. The van der Waals surface area contributed by atoms with Crippen molar-refractivity contribution in [2.75, 3.05) is 39.3 Å².